The normalized spacial score (nSPS) is 23.4. The summed E-state index contributed by atoms with van der Waals surface area (Å²) in [5, 5.41) is 9.01. The van der Waals surface area contributed by atoms with E-state index in [9.17, 15) is 9.59 Å². The van der Waals surface area contributed by atoms with E-state index in [2.05, 4.69) is 24.4 Å². The van der Waals surface area contributed by atoms with Gasteiger partial charge in [0.2, 0.25) is 5.91 Å². The molecule has 2 aromatic rings. The van der Waals surface area contributed by atoms with E-state index in [0.717, 1.165) is 22.2 Å². The number of benzene rings is 1. The standard InChI is InChI=1S/C23H32N4O3/c1-13-9-8-10-14-18(13)26(7)25-19(14)23(5,6)24-20(28)17-15-11-27(12-16(15)17)21(29)30-22(2,3)4/h8-10,15-17H,11-12H2,1-7H3,(H,24,28)/t15-,16+,17?. The van der Waals surface area contributed by atoms with E-state index in [1.54, 1.807) is 4.90 Å². The zero-order valence-corrected chi connectivity index (χ0v) is 18.9. The number of rotatable bonds is 3. The second kappa shape index (κ2) is 6.72. The molecule has 1 aromatic carbocycles. The van der Waals surface area contributed by atoms with Gasteiger partial charge in [0.15, 0.2) is 0 Å². The molecule has 4 rings (SSSR count). The minimum Gasteiger partial charge on any atom is -0.444 e. The summed E-state index contributed by atoms with van der Waals surface area (Å²) in [6.07, 6.45) is -0.287. The van der Waals surface area contributed by atoms with Gasteiger partial charge in [0.1, 0.15) is 5.60 Å². The van der Waals surface area contributed by atoms with Gasteiger partial charge in [0, 0.05) is 31.4 Å². The highest BCUT2D eigenvalue weighted by Gasteiger charge is 2.61. The second-order valence-electron chi connectivity index (χ2n) is 10.3. The van der Waals surface area contributed by atoms with Gasteiger partial charge in [-0.1, -0.05) is 18.2 Å². The van der Waals surface area contributed by atoms with Crippen molar-refractivity contribution in [3.8, 4) is 0 Å². The maximum absolute atomic E-state index is 13.0. The molecule has 1 aromatic heterocycles. The summed E-state index contributed by atoms with van der Waals surface area (Å²) in [7, 11) is 1.94. The highest BCUT2D eigenvalue weighted by molar-refractivity contribution is 5.88. The smallest absolute Gasteiger partial charge is 0.410 e. The Balaban J connectivity index is 1.43. The van der Waals surface area contributed by atoms with Crippen molar-refractivity contribution in [1.29, 1.82) is 0 Å². The van der Waals surface area contributed by atoms with Crippen molar-refractivity contribution < 1.29 is 14.3 Å². The molecule has 0 radical (unpaired) electrons. The lowest BCUT2D eigenvalue weighted by Crippen LogP contribution is -2.44. The number of para-hydroxylation sites is 1. The second-order valence-corrected chi connectivity index (χ2v) is 10.3. The van der Waals surface area contributed by atoms with Crippen LogP contribution in [0.4, 0.5) is 4.79 Å². The van der Waals surface area contributed by atoms with Crippen molar-refractivity contribution >= 4 is 22.9 Å². The third kappa shape index (κ3) is 3.55. The van der Waals surface area contributed by atoms with Crippen LogP contribution in [-0.2, 0) is 22.1 Å². The third-order valence-electron chi connectivity index (χ3n) is 6.24. The number of likely N-dealkylation sites (tertiary alicyclic amines) is 1. The molecular formula is C23H32N4O3. The zero-order valence-electron chi connectivity index (χ0n) is 18.9. The van der Waals surface area contributed by atoms with Gasteiger partial charge in [-0.15, -0.1) is 0 Å². The molecule has 30 heavy (non-hydrogen) atoms. The van der Waals surface area contributed by atoms with Crippen molar-refractivity contribution in [3.05, 3.63) is 29.5 Å². The van der Waals surface area contributed by atoms with E-state index in [4.69, 9.17) is 9.84 Å². The van der Waals surface area contributed by atoms with Crippen molar-refractivity contribution in [3.63, 3.8) is 0 Å². The molecule has 0 bridgehead atoms. The molecular weight excluding hydrogens is 380 g/mol. The van der Waals surface area contributed by atoms with Crippen molar-refractivity contribution in [2.24, 2.45) is 24.8 Å². The molecule has 2 heterocycles. The van der Waals surface area contributed by atoms with Crippen LogP contribution in [0.1, 0.15) is 45.9 Å². The monoisotopic (exact) mass is 412 g/mol. The first-order valence-electron chi connectivity index (χ1n) is 10.6. The maximum atomic E-state index is 13.0. The Kier molecular flexibility index (Phi) is 4.64. The number of nitrogens with one attached hydrogen (secondary N) is 1. The fourth-order valence-electron chi connectivity index (χ4n) is 4.84. The fourth-order valence-corrected chi connectivity index (χ4v) is 4.84. The summed E-state index contributed by atoms with van der Waals surface area (Å²) in [5.74, 6) is 0.442. The minimum atomic E-state index is -0.591. The molecule has 1 saturated carbocycles. The van der Waals surface area contributed by atoms with E-state index in [1.165, 1.54) is 0 Å². The van der Waals surface area contributed by atoms with Gasteiger partial charge in [-0.3, -0.25) is 9.48 Å². The van der Waals surface area contributed by atoms with Crippen molar-refractivity contribution in [2.45, 2.75) is 52.7 Å². The molecule has 162 valence electrons. The number of piperidine rings is 1. The Hall–Kier alpha value is -2.57. The van der Waals surface area contributed by atoms with Gasteiger partial charge in [-0.05, 0) is 58.9 Å². The number of ether oxygens (including phenoxy) is 1. The molecule has 1 aliphatic carbocycles. The SMILES string of the molecule is Cc1cccc2c(C(C)(C)NC(=O)C3[C@H]4CN(C(=O)OC(C)(C)C)C[C@@H]34)nn(C)c12. The molecule has 2 amide bonds. The lowest BCUT2D eigenvalue weighted by Gasteiger charge is -2.27. The van der Waals surface area contributed by atoms with Crippen LogP contribution < -0.4 is 5.32 Å². The van der Waals surface area contributed by atoms with Gasteiger partial charge in [-0.25, -0.2) is 4.79 Å². The average molecular weight is 413 g/mol. The molecule has 1 saturated heterocycles. The number of hydrogen-bond donors (Lipinski definition) is 1. The van der Waals surface area contributed by atoms with Gasteiger partial charge in [-0.2, -0.15) is 5.10 Å². The third-order valence-corrected chi connectivity index (χ3v) is 6.24. The topological polar surface area (TPSA) is 76.5 Å². The Morgan fingerprint density at radius 1 is 1.13 bits per heavy atom. The van der Waals surface area contributed by atoms with Gasteiger partial charge >= 0.3 is 6.09 Å². The lowest BCUT2D eigenvalue weighted by atomic mass is 9.96. The van der Waals surface area contributed by atoms with Crippen molar-refractivity contribution in [1.82, 2.24) is 20.0 Å². The molecule has 0 spiro atoms. The maximum Gasteiger partial charge on any atom is 0.410 e. The summed E-state index contributed by atoms with van der Waals surface area (Å²) >= 11 is 0. The van der Waals surface area contributed by atoms with Gasteiger partial charge < -0.3 is 15.0 Å². The summed E-state index contributed by atoms with van der Waals surface area (Å²) in [4.78, 5) is 27.0. The van der Waals surface area contributed by atoms with Crippen LogP contribution in [0.3, 0.4) is 0 Å². The quantitative estimate of drug-likeness (QED) is 0.839. The predicted molar refractivity (Wildman–Crippen MR) is 115 cm³/mol. The van der Waals surface area contributed by atoms with Gasteiger partial charge in [0.05, 0.1) is 16.7 Å². The predicted octanol–water partition coefficient (Wildman–Crippen LogP) is 3.35. The Labute approximate surface area is 177 Å². The van der Waals surface area contributed by atoms with E-state index in [0.29, 0.717) is 13.1 Å². The summed E-state index contributed by atoms with van der Waals surface area (Å²) in [6, 6.07) is 6.15. The average Bonchev–Trinajstić information content (AvgIpc) is 2.95. The van der Waals surface area contributed by atoms with Crippen LogP contribution >= 0.6 is 0 Å². The van der Waals surface area contributed by atoms with Crippen LogP contribution in [0.15, 0.2) is 18.2 Å². The largest absolute Gasteiger partial charge is 0.444 e. The number of aryl methyl sites for hydroxylation is 2. The van der Waals surface area contributed by atoms with Crippen LogP contribution in [0.25, 0.3) is 10.9 Å². The van der Waals surface area contributed by atoms with E-state index >= 15 is 0 Å². The highest BCUT2D eigenvalue weighted by Crippen LogP contribution is 2.52. The van der Waals surface area contributed by atoms with Crippen LogP contribution in [0.2, 0.25) is 0 Å². The van der Waals surface area contributed by atoms with E-state index < -0.39 is 11.1 Å². The lowest BCUT2D eigenvalue weighted by molar-refractivity contribution is -0.125. The number of carbonyl (C=O) groups is 2. The number of amides is 2. The Morgan fingerprint density at radius 3 is 2.37 bits per heavy atom. The number of nitrogens with zero attached hydrogens (tertiary/aromatic N) is 3. The molecule has 1 aliphatic heterocycles. The highest BCUT2D eigenvalue weighted by atomic mass is 16.6. The zero-order chi connectivity index (χ0) is 22.0. The van der Waals surface area contributed by atoms with E-state index in [1.807, 2.05) is 52.4 Å². The molecule has 2 aliphatic rings. The fraction of sp³-hybridized carbons (Fsp3) is 0.609. The molecule has 1 unspecified atom stereocenters. The van der Waals surface area contributed by atoms with Crippen LogP contribution in [0, 0.1) is 24.7 Å². The number of fused-ring (bicyclic) bond motifs is 2. The van der Waals surface area contributed by atoms with E-state index in [-0.39, 0.29) is 29.8 Å². The van der Waals surface area contributed by atoms with Crippen LogP contribution in [-0.4, -0.2) is 45.4 Å². The first-order valence-corrected chi connectivity index (χ1v) is 10.6. The van der Waals surface area contributed by atoms with Gasteiger partial charge in [0.25, 0.3) is 0 Å². The molecule has 1 N–H and O–H groups in total. The molecule has 3 atom stereocenters. The first kappa shape index (κ1) is 20.7. The Morgan fingerprint density at radius 2 is 1.77 bits per heavy atom. The summed E-state index contributed by atoms with van der Waals surface area (Å²) in [6.45, 7) is 12.8. The molecule has 2 fully saturated rings. The summed E-state index contributed by atoms with van der Waals surface area (Å²) in [5.41, 5.74) is 2.03. The summed E-state index contributed by atoms with van der Waals surface area (Å²) < 4.78 is 7.34. The minimum absolute atomic E-state index is 0.0420. The first-order chi connectivity index (χ1) is 13.9. The number of aromatic nitrogens is 2. The van der Waals surface area contributed by atoms with Crippen molar-refractivity contribution in [2.75, 3.05) is 13.1 Å². The molecule has 7 nitrogen and oxygen atoms in total. The number of carbonyl (C=O) groups excluding carboxylic acids is 2. The number of hydrogen-bond acceptors (Lipinski definition) is 4. The van der Waals surface area contributed by atoms with Crippen LogP contribution in [0.5, 0.6) is 0 Å². The molecule has 7 heteroatoms. The Bertz CT molecular complexity index is 1010.